The highest BCUT2D eigenvalue weighted by atomic mass is 32.2. The van der Waals surface area contributed by atoms with E-state index in [-0.39, 0.29) is 17.9 Å². The van der Waals surface area contributed by atoms with Crippen molar-refractivity contribution in [2.45, 2.75) is 77.5 Å². The Morgan fingerprint density at radius 2 is 1.52 bits per heavy atom. The van der Waals surface area contributed by atoms with Crippen molar-refractivity contribution in [1.82, 2.24) is 4.72 Å². The molecular weight excluding hydrogens is 410 g/mol. The van der Waals surface area contributed by atoms with Gasteiger partial charge in [-0.25, -0.2) is 13.1 Å². The predicted molar refractivity (Wildman–Crippen MR) is 128 cm³/mol. The average Bonchev–Trinajstić information content (AvgIpc) is 2.67. The largest absolute Gasteiger partial charge is 0.371 e. The zero-order chi connectivity index (χ0) is 22.8. The SMILES string of the molecule is C[C@@H]1C[C@@H](C)CN(c2ccc(NC(=O)C3CCC(NS(=O)(=O)C(C)(C)C)CC3)cc2)C1. The number of carbonyl (C=O) groups excluding carboxylic acids is 1. The van der Waals surface area contributed by atoms with Crippen molar-refractivity contribution >= 4 is 27.3 Å². The number of anilines is 2. The van der Waals surface area contributed by atoms with Crippen molar-refractivity contribution in [2.24, 2.45) is 17.8 Å². The molecule has 1 heterocycles. The molecule has 0 radical (unpaired) electrons. The summed E-state index contributed by atoms with van der Waals surface area (Å²) >= 11 is 0. The summed E-state index contributed by atoms with van der Waals surface area (Å²) in [5.41, 5.74) is 2.03. The van der Waals surface area contributed by atoms with Crippen molar-refractivity contribution in [3.63, 3.8) is 0 Å². The Kier molecular flexibility index (Phi) is 7.36. The monoisotopic (exact) mass is 449 g/mol. The third kappa shape index (κ3) is 6.22. The standard InChI is InChI=1S/C24H39N3O3S/c1-17-14-18(2)16-27(15-17)22-12-10-20(11-13-22)25-23(28)19-6-8-21(9-7-19)26-31(29,30)24(3,4)5/h10-13,17-19,21,26H,6-9,14-16H2,1-5H3,(H,25,28)/t17-,18-,19?,21?/m1/s1. The van der Waals surface area contributed by atoms with E-state index >= 15 is 0 Å². The van der Waals surface area contributed by atoms with E-state index < -0.39 is 14.8 Å². The average molecular weight is 450 g/mol. The number of carbonyl (C=O) groups is 1. The molecule has 2 atom stereocenters. The number of nitrogens with one attached hydrogen (secondary N) is 2. The Balaban J connectivity index is 1.50. The Morgan fingerprint density at radius 3 is 2.03 bits per heavy atom. The second-order valence-electron chi connectivity index (χ2n) is 10.7. The molecule has 3 rings (SSSR count). The number of piperidine rings is 1. The van der Waals surface area contributed by atoms with E-state index in [0.717, 1.165) is 18.8 Å². The normalized spacial score (nSPS) is 27.7. The number of sulfonamides is 1. The van der Waals surface area contributed by atoms with Gasteiger partial charge >= 0.3 is 0 Å². The van der Waals surface area contributed by atoms with Gasteiger partial charge in [-0.2, -0.15) is 0 Å². The van der Waals surface area contributed by atoms with E-state index in [1.54, 1.807) is 20.8 Å². The first-order valence-corrected chi connectivity index (χ1v) is 13.1. The van der Waals surface area contributed by atoms with Gasteiger partial charge in [-0.3, -0.25) is 4.79 Å². The fourth-order valence-corrected chi connectivity index (χ4v) is 5.77. The lowest BCUT2D eigenvalue weighted by Crippen LogP contribution is -2.46. The van der Waals surface area contributed by atoms with E-state index in [0.29, 0.717) is 37.5 Å². The molecule has 31 heavy (non-hydrogen) atoms. The molecule has 174 valence electrons. The van der Waals surface area contributed by atoms with Crippen LogP contribution >= 0.6 is 0 Å². The highest BCUT2D eigenvalue weighted by Gasteiger charge is 2.34. The van der Waals surface area contributed by atoms with Crippen molar-refractivity contribution in [2.75, 3.05) is 23.3 Å². The maximum Gasteiger partial charge on any atom is 0.227 e. The van der Waals surface area contributed by atoms with Crippen LogP contribution in [0.1, 0.15) is 66.7 Å². The molecule has 0 spiro atoms. The minimum absolute atomic E-state index is 0.0325. The number of nitrogens with zero attached hydrogens (tertiary/aromatic N) is 1. The molecule has 2 fully saturated rings. The second-order valence-corrected chi connectivity index (χ2v) is 13.1. The van der Waals surface area contributed by atoms with Crippen LogP contribution in [-0.2, 0) is 14.8 Å². The molecule has 6 nitrogen and oxygen atoms in total. The van der Waals surface area contributed by atoms with Crippen molar-refractivity contribution in [1.29, 1.82) is 0 Å². The summed E-state index contributed by atoms with van der Waals surface area (Å²) < 4.78 is 26.7. The quantitative estimate of drug-likeness (QED) is 0.699. The minimum atomic E-state index is -3.36. The molecule has 1 aliphatic carbocycles. The van der Waals surface area contributed by atoms with E-state index in [9.17, 15) is 13.2 Å². The molecule has 1 saturated heterocycles. The smallest absolute Gasteiger partial charge is 0.227 e. The molecule has 0 bridgehead atoms. The molecule has 0 aromatic heterocycles. The van der Waals surface area contributed by atoms with Crippen molar-refractivity contribution in [3.8, 4) is 0 Å². The number of hydrogen-bond donors (Lipinski definition) is 2. The van der Waals surface area contributed by atoms with Crippen LogP contribution < -0.4 is 14.9 Å². The van der Waals surface area contributed by atoms with Gasteiger partial charge in [-0.15, -0.1) is 0 Å². The van der Waals surface area contributed by atoms with Crippen LogP contribution in [0.3, 0.4) is 0 Å². The van der Waals surface area contributed by atoms with Gasteiger partial charge < -0.3 is 10.2 Å². The summed E-state index contributed by atoms with van der Waals surface area (Å²) in [5.74, 6) is 1.36. The van der Waals surface area contributed by atoms with Crippen molar-refractivity contribution in [3.05, 3.63) is 24.3 Å². The number of hydrogen-bond acceptors (Lipinski definition) is 4. The summed E-state index contributed by atoms with van der Waals surface area (Å²) in [6, 6.07) is 8.08. The van der Waals surface area contributed by atoms with Crippen LogP contribution in [0.2, 0.25) is 0 Å². The second kappa shape index (κ2) is 9.49. The van der Waals surface area contributed by atoms with Gasteiger partial charge in [0.15, 0.2) is 0 Å². The van der Waals surface area contributed by atoms with Crippen LogP contribution in [-0.4, -0.2) is 38.2 Å². The fraction of sp³-hybridized carbons (Fsp3) is 0.708. The summed E-state index contributed by atoms with van der Waals surface area (Å²) in [7, 11) is -3.36. The van der Waals surface area contributed by atoms with Gasteiger partial charge in [0, 0.05) is 36.4 Å². The molecule has 1 aromatic carbocycles. The molecular formula is C24H39N3O3S. The van der Waals surface area contributed by atoms with Gasteiger partial charge in [0.05, 0.1) is 4.75 Å². The highest BCUT2D eigenvalue weighted by Crippen LogP contribution is 2.29. The van der Waals surface area contributed by atoms with Gasteiger partial charge in [0.25, 0.3) is 0 Å². The minimum Gasteiger partial charge on any atom is -0.371 e. The molecule has 0 unspecified atom stereocenters. The van der Waals surface area contributed by atoms with Crippen LogP contribution in [0.4, 0.5) is 11.4 Å². The Labute approximate surface area is 188 Å². The number of amides is 1. The maximum atomic E-state index is 12.7. The lowest BCUT2D eigenvalue weighted by atomic mass is 9.86. The molecule has 2 N–H and O–H groups in total. The Morgan fingerprint density at radius 1 is 0.968 bits per heavy atom. The van der Waals surface area contributed by atoms with Crippen LogP contribution in [0.5, 0.6) is 0 Å². The number of rotatable bonds is 5. The third-order valence-electron chi connectivity index (χ3n) is 6.59. The fourth-order valence-electron chi connectivity index (χ4n) is 4.74. The topological polar surface area (TPSA) is 78.5 Å². The Hall–Kier alpha value is -1.60. The zero-order valence-electron chi connectivity index (χ0n) is 19.6. The Bertz CT molecular complexity index is 843. The lowest BCUT2D eigenvalue weighted by molar-refractivity contribution is -0.120. The first kappa shape index (κ1) is 24.1. The van der Waals surface area contributed by atoms with E-state index in [2.05, 4.69) is 40.9 Å². The summed E-state index contributed by atoms with van der Waals surface area (Å²) in [6.45, 7) is 11.9. The first-order chi connectivity index (χ1) is 14.4. The van der Waals surface area contributed by atoms with Crippen LogP contribution in [0, 0.1) is 17.8 Å². The lowest BCUT2D eigenvalue weighted by Gasteiger charge is -2.36. The zero-order valence-corrected chi connectivity index (χ0v) is 20.5. The van der Waals surface area contributed by atoms with E-state index in [1.807, 2.05) is 12.1 Å². The molecule has 1 amide bonds. The maximum absolute atomic E-state index is 12.7. The van der Waals surface area contributed by atoms with Crippen LogP contribution in [0.15, 0.2) is 24.3 Å². The molecule has 2 aliphatic rings. The van der Waals surface area contributed by atoms with Gasteiger partial charge in [0.1, 0.15) is 0 Å². The number of benzene rings is 1. The highest BCUT2D eigenvalue weighted by molar-refractivity contribution is 7.90. The third-order valence-corrected chi connectivity index (χ3v) is 8.85. The molecule has 1 saturated carbocycles. The molecule has 1 aliphatic heterocycles. The first-order valence-electron chi connectivity index (χ1n) is 11.6. The molecule has 1 aromatic rings. The van der Waals surface area contributed by atoms with Crippen LogP contribution in [0.25, 0.3) is 0 Å². The van der Waals surface area contributed by atoms with Crippen molar-refractivity contribution < 1.29 is 13.2 Å². The van der Waals surface area contributed by atoms with Gasteiger partial charge in [-0.05, 0) is 89.0 Å². The molecule has 7 heteroatoms. The van der Waals surface area contributed by atoms with E-state index in [1.165, 1.54) is 12.1 Å². The summed E-state index contributed by atoms with van der Waals surface area (Å²) in [4.78, 5) is 15.2. The summed E-state index contributed by atoms with van der Waals surface area (Å²) in [5, 5.41) is 3.05. The van der Waals surface area contributed by atoms with E-state index in [4.69, 9.17) is 0 Å². The predicted octanol–water partition coefficient (Wildman–Crippen LogP) is 4.38. The van der Waals surface area contributed by atoms with Gasteiger partial charge in [0.2, 0.25) is 15.9 Å². The summed E-state index contributed by atoms with van der Waals surface area (Å²) in [6.07, 6.45) is 4.06. The van der Waals surface area contributed by atoms with Gasteiger partial charge in [-0.1, -0.05) is 13.8 Å².